The molecule has 1 unspecified atom stereocenters. The summed E-state index contributed by atoms with van der Waals surface area (Å²) in [5.74, 6) is -2.79. The molecule has 0 radical (unpaired) electrons. The molecule has 1 aromatic carbocycles. The van der Waals surface area contributed by atoms with Gasteiger partial charge in [-0.25, -0.2) is 9.18 Å². The number of hydrogen-bond acceptors (Lipinski definition) is 4. The van der Waals surface area contributed by atoms with Crippen LogP contribution in [0, 0.1) is 5.82 Å². The molecule has 2 atom stereocenters. The number of aliphatic hydroxyl groups is 1. The smallest absolute Gasteiger partial charge is 0.326 e. The Kier molecular flexibility index (Phi) is 3.39. The van der Waals surface area contributed by atoms with Crippen molar-refractivity contribution in [2.24, 2.45) is 0 Å². The van der Waals surface area contributed by atoms with Gasteiger partial charge in [-0.1, -0.05) is 0 Å². The number of benzene rings is 1. The number of amides is 1. The lowest BCUT2D eigenvalue weighted by Crippen LogP contribution is -2.40. The van der Waals surface area contributed by atoms with E-state index in [1.807, 2.05) is 0 Å². The first kappa shape index (κ1) is 13.3. The van der Waals surface area contributed by atoms with E-state index in [0.717, 1.165) is 11.0 Å². The highest BCUT2D eigenvalue weighted by atomic mass is 19.1. The van der Waals surface area contributed by atoms with Crippen LogP contribution in [0.5, 0.6) is 0 Å². The zero-order valence-electron chi connectivity index (χ0n) is 9.91. The molecule has 1 aromatic rings. The monoisotopic (exact) mass is 268 g/mol. The van der Waals surface area contributed by atoms with Gasteiger partial charge in [0.1, 0.15) is 11.9 Å². The number of nitrogens with zero attached hydrogens (tertiary/aromatic N) is 1. The highest BCUT2D eigenvalue weighted by molar-refractivity contribution is 5.97. The van der Waals surface area contributed by atoms with Crippen LogP contribution in [0.2, 0.25) is 0 Å². The van der Waals surface area contributed by atoms with Crippen molar-refractivity contribution in [3.05, 3.63) is 29.6 Å². The SMILES string of the molecule is Nc1ccc(C(=O)N2CC(O)C[C@H]2C(=O)O)c(F)c1. The third-order valence-electron chi connectivity index (χ3n) is 3.05. The van der Waals surface area contributed by atoms with Gasteiger partial charge in [0.25, 0.3) is 5.91 Å². The van der Waals surface area contributed by atoms with Gasteiger partial charge in [0.2, 0.25) is 0 Å². The lowest BCUT2D eigenvalue weighted by atomic mass is 10.1. The summed E-state index contributed by atoms with van der Waals surface area (Å²) in [5, 5.41) is 18.4. The molecular weight excluding hydrogens is 255 g/mol. The maximum Gasteiger partial charge on any atom is 0.326 e. The van der Waals surface area contributed by atoms with Crippen molar-refractivity contribution in [3.63, 3.8) is 0 Å². The number of carbonyl (C=O) groups excluding carboxylic acids is 1. The average Bonchev–Trinajstić information content (AvgIpc) is 2.70. The molecule has 0 aliphatic carbocycles. The molecule has 0 aromatic heterocycles. The van der Waals surface area contributed by atoms with Gasteiger partial charge < -0.3 is 20.8 Å². The van der Waals surface area contributed by atoms with Gasteiger partial charge in [0.05, 0.1) is 11.7 Å². The van der Waals surface area contributed by atoms with E-state index in [-0.39, 0.29) is 24.2 Å². The van der Waals surface area contributed by atoms with E-state index in [4.69, 9.17) is 10.8 Å². The highest BCUT2D eigenvalue weighted by Crippen LogP contribution is 2.22. The number of anilines is 1. The van der Waals surface area contributed by atoms with Crippen molar-refractivity contribution in [2.75, 3.05) is 12.3 Å². The molecule has 0 saturated carbocycles. The van der Waals surface area contributed by atoms with Gasteiger partial charge in [-0.15, -0.1) is 0 Å². The summed E-state index contributed by atoms with van der Waals surface area (Å²) in [4.78, 5) is 24.1. The van der Waals surface area contributed by atoms with E-state index < -0.39 is 29.8 Å². The minimum atomic E-state index is -1.22. The molecule has 7 heteroatoms. The molecule has 1 saturated heterocycles. The fourth-order valence-corrected chi connectivity index (χ4v) is 2.13. The van der Waals surface area contributed by atoms with Crippen LogP contribution in [0.3, 0.4) is 0 Å². The number of carboxylic acid groups (broad SMARTS) is 1. The zero-order valence-corrected chi connectivity index (χ0v) is 9.91. The van der Waals surface area contributed by atoms with Gasteiger partial charge >= 0.3 is 5.97 Å². The van der Waals surface area contributed by atoms with Crippen LogP contribution in [-0.4, -0.2) is 45.7 Å². The van der Waals surface area contributed by atoms with Crippen LogP contribution in [0.4, 0.5) is 10.1 Å². The van der Waals surface area contributed by atoms with Crippen LogP contribution >= 0.6 is 0 Å². The Hall–Kier alpha value is -2.15. The second-order valence-electron chi connectivity index (χ2n) is 4.44. The van der Waals surface area contributed by atoms with Gasteiger partial charge in [0, 0.05) is 18.7 Å². The van der Waals surface area contributed by atoms with E-state index in [0.29, 0.717) is 0 Å². The zero-order chi connectivity index (χ0) is 14.2. The quantitative estimate of drug-likeness (QED) is 0.658. The summed E-state index contributed by atoms with van der Waals surface area (Å²) >= 11 is 0. The van der Waals surface area contributed by atoms with E-state index >= 15 is 0 Å². The Bertz CT molecular complexity index is 534. The molecule has 19 heavy (non-hydrogen) atoms. The number of carboxylic acids is 1. The first-order chi connectivity index (χ1) is 8.90. The Morgan fingerprint density at radius 1 is 1.42 bits per heavy atom. The normalized spacial score (nSPS) is 22.5. The molecule has 1 aliphatic rings. The number of likely N-dealkylation sites (tertiary alicyclic amines) is 1. The number of nitrogen functional groups attached to an aromatic ring is 1. The van der Waals surface area contributed by atoms with Crippen molar-refractivity contribution in [1.29, 1.82) is 0 Å². The van der Waals surface area contributed by atoms with Crippen molar-refractivity contribution >= 4 is 17.6 Å². The van der Waals surface area contributed by atoms with E-state index in [2.05, 4.69) is 0 Å². The number of rotatable bonds is 2. The molecule has 1 fully saturated rings. The highest BCUT2D eigenvalue weighted by Gasteiger charge is 2.39. The number of aliphatic hydroxyl groups excluding tert-OH is 1. The first-order valence-corrected chi connectivity index (χ1v) is 5.67. The number of aliphatic carboxylic acids is 1. The molecule has 4 N–H and O–H groups in total. The Morgan fingerprint density at radius 2 is 2.11 bits per heavy atom. The van der Waals surface area contributed by atoms with Crippen molar-refractivity contribution < 1.29 is 24.2 Å². The number of nitrogens with two attached hydrogens (primary N) is 1. The van der Waals surface area contributed by atoms with Gasteiger partial charge in [-0.3, -0.25) is 4.79 Å². The van der Waals surface area contributed by atoms with Crippen molar-refractivity contribution in [2.45, 2.75) is 18.6 Å². The third kappa shape index (κ3) is 2.50. The first-order valence-electron chi connectivity index (χ1n) is 5.67. The largest absolute Gasteiger partial charge is 0.480 e. The molecule has 0 spiro atoms. The number of carbonyl (C=O) groups is 2. The van der Waals surface area contributed by atoms with Crippen molar-refractivity contribution in [1.82, 2.24) is 4.90 Å². The minimum absolute atomic E-state index is 0.0579. The Morgan fingerprint density at radius 3 is 2.68 bits per heavy atom. The number of β-amino-alcohol motifs (C(OH)–C–C–N with tert-alkyl or cyclic N) is 1. The Labute approximate surface area is 108 Å². The van der Waals surface area contributed by atoms with E-state index in [9.17, 15) is 19.1 Å². The Balaban J connectivity index is 2.30. The second kappa shape index (κ2) is 4.85. The lowest BCUT2D eigenvalue weighted by molar-refractivity contribution is -0.141. The predicted molar refractivity (Wildman–Crippen MR) is 63.9 cm³/mol. The molecule has 6 nitrogen and oxygen atoms in total. The van der Waals surface area contributed by atoms with Crippen molar-refractivity contribution in [3.8, 4) is 0 Å². The topological polar surface area (TPSA) is 104 Å². The molecule has 102 valence electrons. The maximum absolute atomic E-state index is 13.6. The summed E-state index contributed by atoms with van der Waals surface area (Å²) in [6.45, 7) is -0.125. The lowest BCUT2D eigenvalue weighted by Gasteiger charge is -2.21. The van der Waals surface area contributed by atoms with Crippen LogP contribution in [0.25, 0.3) is 0 Å². The summed E-state index contributed by atoms with van der Waals surface area (Å²) in [6.07, 6.45) is -0.973. The molecule has 0 bridgehead atoms. The molecule has 2 rings (SSSR count). The van der Waals surface area contributed by atoms with Crippen LogP contribution < -0.4 is 5.73 Å². The average molecular weight is 268 g/mol. The standard InChI is InChI=1S/C12H13FN2O4/c13-9-3-6(14)1-2-8(9)11(17)15-5-7(16)4-10(15)12(18)19/h1-3,7,10,16H,4-5,14H2,(H,18,19)/t7?,10-/m0/s1. The molecule has 1 aliphatic heterocycles. The minimum Gasteiger partial charge on any atom is -0.480 e. The predicted octanol–water partition coefficient (Wildman–Crippen LogP) is 0.0679. The fourth-order valence-electron chi connectivity index (χ4n) is 2.13. The number of halogens is 1. The maximum atomic E-state index is 13.6. The van der Waals surface area contributed by atoms with Gasteiger partial charge in [-0.2, -0.15) is 0 Å². The van der Waals surface area contributed by atoms with Crippen LogP contribution in [-0.2, 0) is 4.79 Å². The van der Waals surface area contributed by atoms with Gasteiger partial charge in [0.15, 0.2) is 0 Å². The molecular formula is C12H13FN2O4. The van der Waals surface area contributed by atoms with E-state index in [1.165, 1.54) is 12.1 Å². The fraction of sp³-hybridized carbons (Fsp3) is 0.333. The number of hydrogen-bond donors (Lipinski definition) is 3. The molecule has 1 amide bonds. The summed E-state index contributed by atoms with van der Waals surface area (Å²) in [6, 6.07) is 2.42. The summed E-state index contributed by atoms with van der Waals surface area (Å²) in [7, 11) is 0. The van der Waals surface area contributed by atoms with Crippen LogP contribution in [0.1, 0.15) is 16.8 Å². The molecule has 1 heterocycles. The second-order valence-corrected chi connectivity index (χ2v) is 4.44. The van der Waals surface area contributed by atoms with E-state index in [1.54, 1.807) is 0 Å². The third-order valence-corrected chi connectivity index (χ3v) is 3.05. The summed E-state index contributed by atoms with van der Waals surface area (Å²) < 4.78 is 13.6. The van der Waals surface area contributed by atoms with Gasteiger partial charge in [-0.05, 0) is 18.2 Å². The van der Waals surface area contributed by atoms with Crippen LogP contribution in [0.15, 0.2) is 18.2 Å². The summed E-state index contributed by atoms with van der Waals surface area (Å²) in [5.41, 5.74) is 5.30.